The monoisotopic (exact) mass is 252 g/mol. The van der Waals surface area contributed by atoms with E-state index in [0.29, 0.717) is 0 Å². The number of benzene rings is 2. The van der Waals surface area contributed by atoms with Crippen LogP contribution >= 0.6 is 0 Å². The Bertz CT molecular complexity index is 536. The molecule has 98 valence electrons. The number of hydrogen-bond acceptors (Lipinski definition) is 1. The fraction of sp³-hybridized carbons (Fsp3) is 0.333. The lowest BCUT2D eigenvalue weighted by Crippen LogP contribution is -2.22. The molecule has 1 aliphatic carbocycles. The van der Waals surface area contributed by atoms with Crippen LogP contribution in [0.3, 0.4) is 0 Å². The van der Waals surface area contributed by atoms with Crippen LogP contribution in [-0.4, -0.2) is 5.11 Å². The first-order chi connectivity index (χ1) is 9.18. The van der Waals surface area contributed by atoms with E-state index in [1.807, 2.05) is 37.3 Å². The van der Waals surface area contributed by atoms with Crippen molar-refractivity contribution in [3.63, 3.8) is 0 Å². The van der Waals surface area contributed by atoms with Crippen molar-refractivity contribution in [3.05, 3.63) is 71.3 Å². The fourth-order valence-electron chi connectivity index (χ4n) is 2.75. The van der Waals surface area contributed by atoms with Gasteiger partial charge in [-0.3, -0.25) is 0 Å². The van der Waals surface area contributed by atoms with E-state index in [1.54, 1.807) is 0 Å². The van der Waals surface area contributed by atoms with Crippen molar-refractivity contribution in [2.24, 2.45) is 0 Å². The lowest BCUT2D eigenvalue weighted by Gasteiger charge is -2.28. The minimum absolute atomic E-state index is 0.746. The van der Waals surface area contributed by atoms with Crippen LogP contribution in [0.2, 0.25) is 0 Å². The second kappa shape index (κ2) is 4.82. The first kappa shape index (κ1) is 12.4. The summed E-state index contributed by atoms with van der Waals surface area (Å²) in [6.45, 7) is 1.86. The third-order valence-corrected chi connectivity index (χ3v) is 4.39. The van der Waals surface area contributed by atoms with Crippen LogP contribution in [-0.2, 0) is 5.60 Å². The molecule has 0 amide bonds. The zero-order valence-corrected chi connectivity index (χ0v) is 11.3. The van der Waals surface area contributed by atoms with Gasteiger partial charge >= 0.3 is 0 Å². The van der Waals surface area contributed by atoms with Crippen molar-refractivity contribution in [2.75, 3.05) is 0 Å². The summed E-state index contributed by atoms with van der Waals surface area (Å²) in [5, 5.41) is 10.8. The summed E-state index contributed by atoms with van der Waals surface area (Å²) in [5.74, 6) is 0.746. The van der Waals surface area contributed by atoms with E-state index in [4.69, 9.17) is 0 Å². The molecule has 2 aromatic rings. The molecule has 0 radical (unpaired) electrons. The van der Waals surface area contributed by atoms with Crippen molar-refractivity contribution in [3.8, 4) is 0 Å². The van der Waals surface area contributed by atoms with Crippen LogP contribution in [0.5, 0.6) is 0 Å². The molecule has 0 aliphatic heterocycles. The molecule has 0 spiro atoms. The lowest BCUT2D eigenvalue weighted by atomic mass is 9.79. The molecule has 1 heteroatoms. The zero-order valence-electron chi connectivity index (χ0n) is 11.3. The maximum Gasteiger partial charge on any atom is 0.112 e. The van der Waals surface area contributed by atoms with Gasteiger partial charge in [0.15, 0.2) is 0 Å². The summed E-state index contributed by atoms with van der Waals surface area (Å²) in [4.78, 5) is 0. The molecule has 0 saturated heterocycles. The van der Waals surface area contributed by atoms with E-state index in [9.17, 15) is 5.11 Å². The predicted octanol–water partition coefficient (Wildman–Crippen LogP) is 4.21. The molecular formula is C18H20O. The fourth-order valence-corrected chi connectivity index (χ4v) is 2.75. The van der Waals surface area contributed by atoms with Gasteiger partial charge in [0.05, 0.1) is 0 Å². The summed E-state index contributed by atoms with van der Waals surface area (Å²) in [6.07, 6.45) is 3.98. The smallest absolute Gasteiger partial charge is 0.112 e. The van der Waals surface area contributed by atoms with E-state index >= 15 is 0 Å². The second-order valence-corrected chi connectivity index (χ2v) is 5.69. The highest BCUT2D eigenvalue weighted by Gasteiger charge is 2.26. The van der Waals surface area contributed by atoms with Crippen molar-refractivity contribution in [1.29, 1.82) is 0 Å². The topological polar surface area (TPSA) is 20.2 Å². The maximum absolute atomic E-state index is 10.8. The summed E-state index contributed by atoms with van der Waals surface area (Å²) in [5.41, 5.74) is 2.39. The Kier molecular flexibility index (Phi) is 3.16. The molecule has 1 saturated carbocycles. The Hall–Kier alpha value is -1.60. The summed E-state index contributed by atoms with van der Waals surface area (Å²) in [6, 6.07) is 18.3. The molecule has 0 heterocycles. The van der Waals surface area contributed by atoms with Crippen LogP contribution in [0.25, 0.3) is 0 Å². The summed E-state index contributed by atoms with van der Waals surface area (Å²) in [7, 11) is 0. The first-order valence-electron chi connectivity index (χ1n) is 7.06. The lowest BCUT2D eigenvalue weighted by molar-refractivity contribution is 0.102. The Labute approximate surface area is 114 Å². The number of hydrogen-bond donors (Lipinski definition) is 1. The zero-order chi connectivity index (χ0) is 13.3. The van der Waals surface area contributed by atoms with Gasteiger partial charge in [-0.2, -0.15) is 0 Å². The highest BCUT2D eigenvalue weighted by Crippen LogP contribution is 2.37. The van der Waals surface area contributed by atoms with Gasteiger partial charge in [0.1, 0.15) is 5.60 Å². The standard InChI is InChI=1S/C18H20O/c1-18(19,16-8-3-2-4-9-16)17-12-10-15(11-13-17)14-6-5-7-14/h2-4,8-14,19H,5-7H2,1H3. The Morgan fingerprint density at radius 3 is 2.00 bits per heavy atom. The van der Waals surface area contributed by atoms with Crippen LogP contribution in [0.15, 0.2) is 54.6 Å². The number of rotatable bonds is 3. The van der Waals surface area contributed by atoms with Gasteiger partial charge in [-0.1, -0.05) is 61.0 Å². The predicted molar refractivity (Wildman–Crippen MR) is 78.1 cm³/mol. The van der Waals surface area contributed by atoms with Gasteiger partial charge in [0.25, 0.3) is 0 Å². The first-order valence-corrected chi connectivity index (χ1v) is 7.06. The van der Waals surface area contributed by atoms with Gasteiger partial charge in [0.2, 0.25) is 0 Å². The summed E-state index contributed by atoms with van der Waals surface area (Å²) >= 11 is 0. The minimum atomic E-state index is -0.917. The molecule has 3 rings (SSSR count). The Morgan fingerprint density at radius 1 is 0.895 bits per heavy atom. The SMILES string of the molecule is CC(O)(c1ccccc1)c1ccc(C2CCC2)cc1. The Balaban J connectivity index is 1.88. The molecule has 1 nitrogen and oxygen atoms in total. The van der Waals surface area contributed by atoms with Gasteiger partial charge in [-0.15, -0.1) is 0 Å². The van der Waals surface area contributed by atoms with Crippen molar-refractivity contribution < 1.29 is 5.11 Å². The average Bonchev–Trinajstić information content (AvgIpc) is 2.38. The second-order valence-electron chi connectivity index (χ2n) is 5.69. The molecule has 0 bridgehead atoms. The normalized spacial score (nSPS) is 18.6. The van der Waals surface area contributed by atoms with Gasteiger partial charge in [0, 0.05) is 0 Å². The van der Waals surface area contributed by atoms with E-state index < -0.39 is 5.60 Å². The molecule has 2 aromatic carbocycles. The highest BCUT2D eigenvalue weighted by atomic mass is 16.3. The number of aliphatic hydroxyl groups is 1. The molecular weight excluding hydrogens is 232 g/mol. The summed E-state index contributed by atoms with van der Waals surface area (Å²) < 4.78 is 0. The van der Waals surface area contributed by atoms with E-state index in [1.165, 1.54) is 24.8 Å². The van der Waals surface area contributed by atoms with Crippen LogP contribution < -0.4 is 0 Å². The molecule has 1 atom stereocenters. The minimum Gasteiger partial charge on any atom is -0.381 e. The third-order valence-electron chi connectivity index (χ3n) is 4.39. The van der Waals surface area contributed by atoms with E-state index in [2.05, 4.69) is 24.3 Å². The van der Waals surface area contributed by atoms with E-state index in [-0.39, 0.29) is 0 Å². The molecule has 0 aromatic heterocycles. The molecule has 19 heavy (non-hydrogen) atoms. The van der Waals surface area contributed by atoms with E-state index in [0.717, 1.165) is 17.0 Å². The highest BCUT2D eigenvalue weighted by molar-refractivity contribution is 5.37. The van der Waals surface area contributed by atoms with Crippen LogP contribution in [0, 0.1) is 0 Å². The molecule has 1 unspecified atom stereocenters. The van der Waals surface area contributed by atoms with Crippen LogP contribution in [0.1, 0.15) is 48.8 Å². The van der Waals surface area contributed by atoms with Gasteiger partial charge in [-0.25, -0.2) is 0 Å². The largest absolute Gasteiger partial charge is 0.381 e. The molecule has 1 aliphatic rings. The average molecular weight is 252 g/mol. The Morgan fingerprint density at radius 2 is 1.47 bits per heavy atom. The molecule has 1 N–H and O–H groups in total. The van der Waals surface area contributed by atoms with Crippen molar-refractivity contribution >= 4 is 0 Å². The van der Waals surface area contributed by atoms with Crippen molar-refractivity contribution in [1.82, 2.24) is 0 Å². The van der Waals surface area contributed by atoms with Gasteiger partial charge in [-0.05, 0) is 42.4 Å². The van der Waals surface area contributed by atoms with Crippen LogP contribution in [0.4, 0.5) is 0 Å². The molecule has 1 fully saturated rings. The van der Waals surface area contributed by atoms with Gasteiger partial charge < -0.3 is 5.11 Å². The maximum atomic E-state index is 10.8. The van der Waals surface area contributed by atoms with Crippen molar-refractivity contribution in [2.45, 2.75) is 37.7 Å². The quantitative estimate of drug-likeness (QED) is 0.867. The third kappa shape index (κ3) is 2.31.